The van der Waals surface area contributed by atoms with Crippen molar-refractivity contribution >= 4 is 5.91 Å². The fourth-order valence-electron chi connectivity index (χ4n) is 6.47. The van der Waals surface area contributed by atoms with Gasteiger partial charge in [0.25, 0.3) is 0 Å². The maximum atomic E-state index is 12.4. The zero-order chi connectivity index (χ0) is 40.7. The van der Waals surface area contributed by atoms with Gasteiger partial charge >= 0.3 is 0 Å². The van der Waals surface area contributed by atoms with Crippen LogP contribution in [-0.2, 0) is 4.79 Å². The Bertz CT molecular complexity index is 1060. The van der Waals surface area contributed by atoms with Crippen LogP contribution >= 0.6 is 0 Å². The highest BCUT2D eigenvalue weighted by molar-refractivity contribution is 5.76. The summed E-state index contributed by atoms with van der Waals surface area (Å²) in [6.45, 7) is 4.17. The van der Waals surface area contributed by atoms with E-state index in [0.717, 1.165) is 83.5 Å². The van der Waals surface area contributed by atoms with Crippen molar-refractivity contribution in [1.29, 1.82) is 0 Å². The van der Waals surface area contributed by atoms with Gasteiger partial charge in [-0.3, -0.25) is 4.79 Å². The second-order valence-electron chi connectivity index (χ2n) is 15.4. The second kappa shape index (κ2) is 46.7. The summed E-state index contributed by atoms with van der Waals surface area (Å²) in [5.74, 6) is -0.0932. The lowest BCUT2D eigenvalue weighted by Crippen LogP contribution is -2.45. The zero-order valence-corrected chi connectivity index (χ0v) is 36.6. The molecule has 0 fully saturated rings. The van der Waals surface area contributed by atoms with E-state index in [-0.39, 0.29) is 12.5 Å². The molecule has 0 spiro atoms. The van der Waals surface area contributed by atoms with Crippen LogP contribution in [0.1, 0.15) is 206 Å². The van der Waals surface area contributed by atoms with E-state index in [1.807, 2.05) is 6.08 Å². The van der Waals surface area contributed by atoms with E-state index in [9.17, 15) is 15.0 Å². The van der Waals surface area contributed by atoms with Crippen LogP contribution in [0.3, 0.4) is 0 Å². The van der Waals surface area contributed by atoms with Gasteiger partial charge in [-0.15, -0.1) is 0 Å². The third-order valence-corrected chi connectivity index (χ3v) is 10.0. The van der Waals surface area contributed by atoms with Gasteiger partial charge in [0.2, 0.25) is 5.91 Å². The fourth-order valence-corrected chi connectivity index (χ4v) is 6.47. The highest BCUT2D eigenvalue weighted by atomic mass is 16.3. The maximum Gasteiger partial charge on any atom is 0.220 e. The van der Waals surface area contributed by atoms with Gasteiger partial charge in [-0.2, -0.15) is 0 Å². The van der Waals surface area contributed by atoms with Gasteiger partial charge in [0.1, 0.15) is 0 Å². The smallest absolute Gasteiger partial charge is 0.220 e. The molecule has 0 rings (SSSR count). The van der Waals surface area contributed by atoms with E-state index in [4.69, 9.17) is 0 Å². The molecule has 0 saturated heterocycles. The molecule has 1 amide bonds. The molecule has 3 N–H and O–H groups in total. The van der Waals surface area contributed by atoms with Crippen molar-refractivity contribution in [2.45, 2.75) is 219 Å². The van der Waals surface area contributed by atoms with Crippen LogP contribution in [0.15, 0.2) is 97.2 Å². The van der Waals surface area contributed by atoms with Crippen LogP contribution in [-0.4, -0.2) is 34.9 Å². The quantitative estimate of drug-likeness (QED) is 0.0428. The molecule has 0 aliphatic carbocycles. The molecule has 0 aromatic rings. The first-order valence-corrected chi connectivity index (χ1v) is 23.5. The summed E-state index contributed by atoms with van der Waals surface area (Å²) in [4.78, 5) is 12.4. The molecule has 56 heavy (non-hydrogen) atoms. The zero-order valence-electron chi connectivity index (χ0n) is 36.6. The first kappa shape index (κ1) is 53.3. The number of hydrogen-bond acceptors (Lipinski definition) is 3. The molecule has 2 atom stereocenters. The van der Waals surface area contributed by atoms with Crippen molar-refractivity contribution in [2.75, 3.05) is 6.61 Å². The molecular formula is C52H89NO3. The van der Waals surface area contributed by atoms with Gasteiger partial charge in [0, 0.05) is 6.42 Å². The summed E-state index contributed by atoms with van der Waals surface area (Å²) < 4.78 is 0. The molecule has 320 valence electrons. The lowest BCUT2D eigenvalue weighted by Gasteiger charge is -2.19. The van der Waals surface area contributed by atoms with Crippen LogP contribution in [0.5, 0.6) is 0 Å². The Labute approximate surface area is 347 Å². The van der Waals surface area contributed by atoms with Crippen molar-refractivity contribution < 1.29 is 15.0 Å². The Hall–Kier alpha value is -2.69. The Kier molecular flexibility index (Phi) is 44.4. The molecule has 0 aromatic heterocycles. The first-order valence-electron chi connectivity index (χ1n) is 23.5. The highest BCUT2D eigenvalue weighted by Crippen LogP contribution is 2.13. The average Bonchev–Trinajstić information content (AvgIpc) is 3.20. The van der Waals surface area contributed by atoms with E-state index >= 15 is 0 Å². The number of carbonyl (C=O) groups excluding carboxylic acids is 1. The van der Waals surface area contributed by atoms with Crippen LogP contribution < -0.4 is 5.32 Å². The molecule has 4 heteroatoms. The average molecular weight is 776 g/mol. The molecule has 0 aliphatic heterocycles. The molecule has 4 nitrogen and oxygen atoms in total. The largest absolute Gasteiger partial charge is 0.394 e. The number of nitrogens with one attached hydrogen (secondary N) is 1. The lowest BCUT2D eigenvalue weighted by molar-refractivity contribution is -0.123. The normalized spacial score (nSPS) is 13.9. The first-order chi connectivity index (χ1) is 27.7. The molecule has 0 radical (unpaired) electrons. The van der Waals surface area contributed by atoms with Crippen molar-refractivity contribution in [3.63, 3.8) is 0 Å². The summed E-state index contributed by atoms with van der Waals surface area (Å²) in [6, 6.07) is -0.658. The number of aliphatic hydroxyl groups excluding tert-OH is 2. The summed E-state index contributed by atoms with van der Waals surface area (Å²) >= 11 is 0. The number of amides is 1. The molecule has 0 saturated carbocycles. The minimum absolute atomic E-state index is 0.0932. The number of allylic oxidation sites excluding steroid dienone is 15. The monoisotopic (exact) mass is 776 g/mol. The summed E-state index contributed by atoms with van der Waals surface area (Å²) in [6.07, 6.45) is 69.5. The van der Waals surface area contributed by atoms with Crippen molar-refractivity contribution in [3.05, 3.63) is 97.2 Å². The molecule has 0 heterocycles. The van der Waals surface area contributed by atoms with Gasteiger partial charge < -0.3 is 15.5 Å². The molecule has 0 aromatic carbocycles. The highest BCUT2D eigenvalue weighted by Gasteiger charge is 2.17. The predicted molar refractivity (Wildman–Crippen MR) is 248 cm³/mol. The lowest BCUT2D eigenvalue weighted by atomic mass is 10.1. The Balaban J connectivity index is 3.70. The Morgan fingerprint density at radius 2 is 0.804 bits per heavy atom. The van der Waals surface area contributed by atoms with Crippen molar-refractivity contribution in [2.24, 2.45) is 0 Å². The summed E-state index contributed by atoms with van der Waals surface area (Å²) in [7, 11) is 0. The van der Waals surface area contributed by atoms with Crippen molar-refractivity contribution in [3.8, 4) is 0 Å². The third kappa shape index (κ3) is 42.5. The summed E-state index contributed by atoms with van der Waals surface area (Å²) in [5, 5.41) is 23.0. The number of carbonyl (C=O) groups is 1. The minimum Gasteiger partial charge on any atom is -0.394 e. The topological polar surface area (TPSA) is 69.6 Å². The van der Waals surface area contributed by atoms with Gasteiger partial charge in [-0.25, -0.2) is 0 Å². The van der Waals surface area contributed by atoms with Gasteiger partial charge in [-0.05, 0) is 89.9 Å². The Morgan fingerprint density at radius 3 is 1.25 bits per heavy atom. The van der Waals surface area contributed by atoms with Crippen LogP contribution in [0, 0.1) is 0 Å². The van der Waals surface area contributed by atoms with E-state index in [2.05, 4.69) is 104 Å². The van der Waals surface area contributed by atoms with Gasteiger partial charge in [0.15, 0.2) is 0 Å². The third-order valence-electron chi connectivity index (χ3n) is 10.0. The Morgan fingerprint density at radius 1 is 0.446 bits per heavy atom. The van der Waals surface area contributed by atoms with Crippen LogP contribution in [0.2, 0.25) is 0 Å². The van der Waals surface area contributed by atoms with Crippen LogP contribution in [0.25, 0.3) is 0 Å². The van der Waals surface area contributed by atoms with Crippen LogP contribution in [0.4, 0.5) is 0 Å². The standard InChI is InChI=1S/C52H89NO3/c1-3-5-7-9-11-13-15-17-19-21-23-25-26-28-30-32-34-36-38-40-42-44-46-48-52(56)53-50(49-54)51(55)47-45-43-41-39-37-35-33-31-29-27-24-22-20-18-16-14-12-10-8-6-4-2/h5,7,11,13,17,19,23,25,28-31,37,39,45,47,50-51,54-55H,3-4,6,8-10,12,14-16,18,20-22,24,26-27,32-36,38,40-44,46,48-49H2,1-2H3,(H,53,56)/b7-5-,13-11-,19-17-,25-23-,30-28-,31-29+,39-37+,47-45+. The van der Waals surface area contributed by atoms with Gasteiger partial charge in [0.05, 0.1) is 18.8 Å². The number of rotatable bonds is 41. The SMILES string of the molecule is CC/C=C\C/C=C\C/C=C\C/C=C\C/C=C\CCCCCCCCCC(=O)NC(CO)C(O)/C=C/CC/C=C/CC/C=C/CCCCCCCCCCCCC. The summed E-state index contributed by atoms with van der Waals surface area (Å²) in [5.41, 5.74) is 0. The van der Waals surface area contributed by atoms with E-state index < -0.39 is 12.1 Å². The molecular weight excluding hydrogens is 687 g/mol. The number of aliphatic hydroxyl groups is 2. The van der Waals surface area contributed by atoms with Crippen molar-refractivity contribution in [1.82, 2.24) is 5.32 Å². The number of unbranched alkanes of at least 4 members (excludes halogenated alkanes) is 20. The van der Waals surface area contributed by atoms with E-state index in [1.54, 1.807) is 6.08 Å². The molecule has 0 bridgehead atoms. The van der Waals surface area contributed by atoms with E-state index in [1.165, 1.54) is 103 Å². The van der Waals surface area contributed by atoms with E-state index in [0.29, 0.717) is 6.42 Å². The number of hydrogen-bond donors (Lipinski definition) is 3. The van der Waals surface area contributed by atoms with Gasteiger partial charge in [-0.1, -0.05) is 207 Å². The second-order valence-corrected chi connectivity index (χ2v) is 15.4. The fraction of sp³-hybridized carbons (Fsp3) is 0.673. The predicted octanol–water partition coefficient (Wildman–Crippen LogP) is 15.0. The molecule has 2 unspecified atom stereocenters. The maximum absolute atomic E-state index is 12.4. The molecule has 0 aliphatic rings. The minimum atomic E-state index is -0.881.